The highest BCUT2D eigenvalue weighted by molar-refractivity contribution is 9.09. The topological polar surface area (TPSA) is 0 Å². The van der Waals surface area contributed by atoms with Crippen molar-refractivity contribution >= 4 is 15.9 Å². The molecule has 0 fully saturated rings. The fraction of sp³-hybridized carbons (Fsp3) is 0.625. The minimum Gasteiger partial charge on any atom is -0.0839 e. The van der Waals surface area contributed by atoms with Gasteiger partial charge in [-0.05, 0) is 30.4 Å². The van der Waals surface area contributed by atoms with Crippen molar-refractivity contribution in [2.24, 2.45) is 0 Å². The van der Waals surface area contributed by atoms with Crippen LogP contribution in [0.4, 0.5) is 0 Å². The molecule has 0 nitrogen and oxygen atoms in total. The van der Waals surface area contributed by atoms with Gasteiger partial charge >= 0.3 is 0 Å². The quantitative estimate of drug-likeness (QED) is 0.405. The maximum absolute atomic E-state index is 3.74. The van der Waals surface area contributed by atoms with Crippen LogP contribution >= 0.6 is 15.9 Å². The first-order valence-electron chi connectivity index (χ1n) is 7.00. The van der Waals surface area contributed by atoms with Crippen molar-refractivity contribution in [2.45, 2.75) is 63.6 Å². The van der Waals surface area contributed by atoms with Crippen molar-refractivity contribution in [3.8, 4) is 0 Å². The van der Waals surface area contributed by atoms with E-state index >= 15 is 0 Å². The number of hydrogen-bond acceptors (Lipinski definition) is 0. The summed E-state index contributed by atoms with van der Waals surface area (Å²) in [6.45, 7) is 4.50. The van der Waals surface area contributed by atoms with Gasteiger partial charge in [-0.25, -0.2) is 0 Å². The molecule has 96 valence electrons. The van der Waals surface area contributed by atoms with Crippen LogP contribution in [-0.2, 0) is 6.42 Å². The van der Waals surface area contributed by atoms with E-state index in [1.165, 1.54) is 56.1 Å². The second kappa shape index (κ2) is 8.74. The van der Waals surface area contributed by atoms with Gasteiger partial charge in [0.15, 0.2) is 0 Å². The van der Waals surface area contributed by atoms with E-state index in [0.717, 1.165) is 0 Å². The van der Waals surface area contributed by atoms with Gasteiger partial charge in [0, 0.05) is 4.83 Å². The van der Waals surface area contributed by atoms with Gasteiger partial charge in [-0.15, -0.1) is 0 Å². The lowest BCUT2D eigenvalue weighted by atomic mass is 10.0. The van der Waals surface area contributed by atoms with Gasteiger partial charge in [0.05, 0.1) is 0 Å². The molecule has 0 bridgehead atoms. The van der Waals surface area contributed by atoms with E-state index < -0.39 is 0 Å². The van der Waals surface area contributed by atoms with Gasteiger partial charge in [0.2, 0.25) is 0 Å². The molecule has 0 saturated heterocycles. The number of aryl methyl sites for hydroxylation is 1. The Labute approximate surface area is 115 Å². The van der Waals surface area contributed by atoms with Crippen LogP contribution in [0.5, 0.6) is 0 Å². The molecule has 1 aromatic carbocycles. The van der Waals surface area contributed by atoms with Crippen LogP contribution < -0.4 is 0 Å². The molecular formula is C16H25Br. The summed E-state index contributed by atoms with van der Waals surface area (Å²) in [5.41, 5.74) is 2.91. The highest BCUT2D eigenvalue weighted by atomic mass is 79.9. The van der Waals surface area contributed by atoms with Crippen LogP contribution in [0.1, 0.15) is 68.3 Å². The number of benzene rings is 1. The molecule has 1 unspecified atom stereocenters. The lowest BCUT2D eigenvalue weighted by molar-refractivity contribution is 0.666. The summed E-state index contributed by atoms with van der Waals surface area (Å²) in [6, 6.07) is 9.16. The molecule has 0 radical (unpaired) electrons. The van der Waals surface area contributed by atoms with E-state index in [2.05, 4.69) is 54.0 Å². The molecule has 1 heteroatoms. The molecule has 0 amide bonds. The van der Waals surface area contributed by atoms with Gasteiger partial charge in [-0.3, -0.25) is 0 Å². The Kier molecular flexibility index (Phi) is 7.59. The van der Waals surface area contributed by atoms with Crippen molar-refractivity contribution < 1.29 is 0 Å². The Morgan fingerprint density at radius 2 is 1.65 bits per heavy atom. The first-order valence-corrected chi connectivity index (χ1v) is 7.92. The van der Waals surface area contributed by atoms with E-state index in [-0.39, 0.29) is 0 Å². The van der Waals surface area contributed by atoms with Gasteiger partial charge in [0.1, 0.15) is 0 Å². The summed E-state index contributed by atoms with van der Waals surface area (Å²) in [5.74, 6) is 0. The summed E-state index contributed by atoms with van der Waals surface area (Å²) in [6.07, 6.45) is 9.08. The highest BCUT2D eigenvalue weighted by Gasteiger charge is 2.05. The predicted octanol–water partition coefficient (Wildman–Crippen LogP) is 6.05. The summed E-state index contributed by atoms with van der Waals surface area (Å²) in [4.78, 5) is 0.529. The van der Waals surface area contributed by atoms with E-state index in [9.17, 15) is 0 Å². The van der Waals surface area contributed by atoms with Crippen LogP contribution in [0, 0.1) is 0 Å². The largest absolute Gasteiger partial charge is 0.0839 e. The van der Waals surface area contributed by atoms with Crippen molar-refractivity contribution in [1.29, 1.82) is 0 Å². The maximum Gasteiger partial charge on any atom is 0.0395 e. The van der Waals surface area contributed by atoms with E-state index in [0.29, 0.717) is 4.83 Å². The summed E-state index contributed by atoms with van der Waals surface area (Å²) < 4.78 is 0. The molecule has 0 N–H and O–H groups in total. The first-order chi connectivity index (χ1) is 8.27. The molecule has 1 aromatic rings. The fourth-order valence-corrected chi connectivity index (χ4v) is 2.83. The first kappa shape index (κ1) is 14.8. The van der Waals surface area contributed by atoms with Crippen LogP contribution in [0.3, 0.4) is 0 Å². The Hall–Kier alpha value is -0.300. The predicted molar refractivity (Wildman–Crippen MR) is 80.9 cm³/mol. The molecule has 0 heterocycles. The Morgan fingerprint density at radius 3 is 2.24 bits per heavy atom. The molecule has 17 heavy (non-hydrogen) atoms. The van der Waals surface area contributed by atoms with Crippen LogP contribution in [0.2, 0.25) is 0 Å². The molecule has 0 saturated carbocycles. The third-order valence-electron chi connectivity index (χ3n) is 3.20. The monoisotopic (exact) mass is 296 g/mol. The standard InChI is InChI=1S/C16H25Br/c1-3-5-6-7-9-14-10-12-15(13-11-14)16(17)8-4-2/h10-13,16H,3-9H2,1-2H3. The molecule has 0 aliphatic heterocycles. The number of unbranched alkanes of at least 4 members (excludes halogenated alkanes) is 3. The van der Waals surface area contributed by atoms with Gasteiger partial charge in [-0.2, -0.15) is 0 Å². The SMILES string of the molecule is CCCCCCc1ccc(C(Br)CCC)cc1. The van der Waals surface area contributed by atoms with Gasteiger partial charge < -0.3 is 0 Å². The zero-order valence-corrected chi connectivity index (χ0v) is 12.8. The molecule has 1 rings (SSSR count). The van der Waals surface area contributed by atoms with Crippen LogP contribution in [0.25, 0.3) is 0 Å². The number of rotatable bonds is 8. The molecule has 0 aromatic heterocycles. The third kappa shape index (κ3) is 5.72. The van der Waals surface area contributed by atoms with E-state index in [1.807, 2.05) is 0 Å². The average molecular weight is 297 g/mol. The van der Waals surface area contributed by atoms with Gasteiger partial charge in [-0.1, -0.05) is 79.7 Å². The Bertz CT molecular complexity index is 289. The highest BCUT2D eigenvalue weighted by Crippen LogP contribution is 2.27. The van der Waals surface area contributed by atoms with Crippen LogP contribution in [0.15, 0.2) is 24.3 Å². The molecule has 0 spiro atoms. The Balaban J connectivity index is 2.39. The molecular weight excluding hydrogens is 272 g/mol. The summed E-state index contributed by atoms with van der Waals surface area (Å²) in [7, 11) is 0. The van der Waals surface area contributed by atoms with Crippen molar-refractivity contribution in [3.05, 3.63) is 35.4 Å². The molecule has 0 aliphatic rings. The smallest absolute Gasteiger partial charge is 0.0395 e. The molecule has 1 atom stereocenters. The minimum atomic E-state index is 0.529. The van der Waals surface area contributed by atoms with Crippen molar-refractivity contribution in [1.82, 2.24) is 0 Å². The normalized spacial score (nSPS) is 12.6. The lowest BCUT2D eigenvalue weighted by Gasteiger charge is -2.09. The number of hydrogen-bond donors (Lipinski definition) is 0. The zero-order chi connectivity index (χ0) is 12.5. The summed E-state index contributed by atoms with van der Waals surface area (Å²) in [5, 5.41) is 0. The lowest BCUT2D eigenvalue weighted by Crippen LogP contribution is -1.91. The van der Waals surface area contributed by atoms with Crippen molar-refractivity contribution in [3.63, 3.8) is 0 Å². The maximum atomic E-state index is 3.74. The second-order valence-electron chi connectivity index (χ2n) is 4.81. The minimum absolute atomic E-state index is 0.529. The Morgan fingerprint density at radius 1 is 0.941 bits per heavy atom. The summed E-state index contributed by atoms with van der Waals surface area (Å²) >= 11 is 3.74. The average Bonchev–Trinajstić information content (AvgIpc) is 2.36. The van der Waals surface area contributed by atoms with E-state index in [4.69, 9.17) is 0 Å². The fourth-order valence-electron chi connectivity index (χ4n) is 2.07. The van der Waals surface area contributed by atoms with E-state index in [1.54, 1.807) is 0 Å². The van der Waals surface area contributed by atoms with Gasteiger partial charge in [0.25, 0.3) is 0 Å². The number of alkyl halides is 1. The van der Waals surface area contributed by atoms with Crippen LogP contribution in [-0.4, -0.2) is 0 Å². The molecule has 0 aliphatic carbocycles. The third-order valence-corrected chi connectivity index (χ3v) is 4.19. The second-order valence-corrected chi connectivity index (χ2v) is 5.91. The van der Waals surface area contributed by atoms with Crippen molar-refractivity contribution in [2.75, 3.05) is 0 Å². The number of halogens is 1. The zero-order valence-electron chi connectivity index (χ0n) is 11.2.